The minimum absolute atomic E-state index is 0.239. The molecule has 0 amide bonds. The number of halogens is 1. The van der Waals surface area contributed by atoms with Crippen LogP contribution in [0.25, 0.3) is 44.0 Å². The molecule has 0 radical (unpaired) electrons. The van der Waals surface area contributed by atoms with E-state index in [4.69, 9.17) is 4.42 Å². The van der Waals surface area contributed by atoms with Crippen LogP contribution in [0, 0.1) is 12.7 Å². The smallest absolute Gasteiger partial charge is 0.216 e. The predicted octanol–water partition coefficient (Wildman–Crippen LogP) is 7.32. The number of hydrogen-bond donors (Lipinski definition) is 0. The first kappa shape index (κ1) is 28.4. The molecule has 0 fully saturated rings. The molecule has 0 aliphatic heterocycles. The normalized spacial score (nSPS) is 12.4. The first-order valence-corrected chi connectivity index (χ1v) is 21.3. The maximum Gasteiger partial charge on any atom is 0.216 e. The molecule has 2 aromatic heterocycles. The van der Waals surface area contributed by atoms with Crippen LogP contribution in [0.5, 0.6) is 0 Å². The highest BCUT2D eigenvalue weighted by Crippen LogP contribution is 2.40. The Kier molecular flexibility index (Phi) is 6.72. The number of furan rings is 1. The first-order chi connectivity index (χ1) is 21.1. The third-order valence-electron chi connectivity index (χ3n) is 9.43. The number of benzene rings is 5. The van der Waals surface area contributed by atoms with Crippen LogP contribution in [0.1, 0.15) is 5.56 Å². The lowest BCUT2D eigenvalue weighted by molar-refractivity contribution is -0.660. The molecule has 7 aromatic rings. The number of hydrogen-bond acceptors (Lipinski definition) is 1. The highest BCUT2D eigenvalue weighted by Gasteiger charge is 2.35. The Labute approximate surface area is 260 Å². The first-order valence-electron chi connectivity index (χ1n) is 15.3. The summed E-state index contributed by atoms with van der Waals surface area (Å²) >= 11 is 0. The van der Waals surface area contributed by atoms with Gasteiger partial charge < -0.3 is 4.42 Å². The van der Waals surface area contributed by atoms with Gasteiger partial charge in [-0.25, -0.2) is 8.96 Å². The number of aryl methyl sites for hydroxylation is 2. The molecule has 44 heavy (non-hydrogen) atoms. The van der Waals surface area contributed by atoms with Crippen molar-refractivity contribution in [2.24, 2.45) is 7.05 Å². The van der Waals surface area contributed by atoms with Crippen LogP contribution < -0.4 is 25.3 Å². The molecule has 0 bridgehead atoms. The van der Waals surface area contributed by atoms with Crippen molar-refractivity contribution < 1.29 is 13.4 Å². The lowest BCUT2D eigenvalue weighted by Crippen LogP contribution is -2.64. The van der Waals surface area contributed by atoms with Crippen molar-refractivity contribution in [2.45, 2.75) is 33.1 Å². The lowest BCUT2D eigenvalue weighted by Gasteiger charge is -2.30. The summed E-state index contributed by atoms with van der Waals surface area (Å²) in [5, 5.41) is 8.30. The Morgan fingerprint density at radius 2 is 1.25 bits per heavy atom. The van der Waals surface area contributed by atoms with Gasteiger partial charge in [0.05, 0.1) is 19.0 Å². The van der Waals surface area contributed by atoms with E-state index in [1.807, 2.05) is 12.1 Å². The largest absolute Gasteiger partial charge is 0.454 e. The van der Waals surface area contributed by atoms with Crippen molar-refractivity contribution in [3.05, 3.63) is 127 Å². The molecular weight excluding hydrogens is 574 g/mol. The number of nitrogens with zero attached hydrogens (tertiary/aromatic N) is 1. The van der Waals surface area contributed by atoms with Crippen molar-refractivity contribution >= 4 is 69.6 Å². The zero-order valence-corrected chi connectivity index (χ0v) is 28.2. The van der Waals surface area contributed by atoms with Crippen molar-refractivity contribution in [1.82, 2.24) is 0 Å². The van der Waals surface area contributed by atoms with Gasteiger partial charge in [-0.05, 0) is 50.8 Å². The molecule has 0 aliphatic carbocycles. The molecule has 218 valence electrons. The Bertz CT molecular complexity index is 2160. The maximum absolute atomic E-state index is 16.6. The van der Waals surface area contributed by atoms with Crippen molar-refractivity contribution in [3.63, 3.8) is 0 Å². The standard InChI is InChI=1S/C39H37FNOSi2/c1-26-17-19-32-33-20-18-27-23-31(44(6,28-13-9-7-10-14-28)29-15-11-8-12-16-29)24-34(40)37(27)39(33)42-38(32)36(26)35-25-30(43(3,4)5)21-22-41(35)2/h7-25H,1-6H3/q+1. The summed E-state index contributed by atoms with van der Waals surface area (Å²) in [6.07, 6.45) is 2.15. The molecule has 0 N–H and O–H groups in total. The van der Waals surface area contributed by atoms with Crippen LogP contribution in [0.15, 0.2) is 120 Å². The van der Waals surface area contributed by atoms with Gasteiger partial charge in [-0.15, -0.1) is 0 Å². The van der Waals surface area contributed by atoms with E-state index >= 15 is 4.39 Å². The third-order valence-corrected chi connectivity index (χ3v) is 15.9. The number of aromatic nitrogens is 1. The molecule has 0 atom stereocenters. The fourth-order valence-corrected chi connectivity index (χ4v) is 11.5. The van der Waals surface area contributed by atoms with E-state index in [0.29, 0.717) is 11.0 Å². The van der Waals surface area contributed by atoms with Gasteiger partial charge in [0.2, 0.25) is 5.69 Å². The van der Waals surface area contributed by atoms with E-state index in [2.05, 4.69) is 142 Å². The molecule has 0 saturated carbocycles. The molecule has 2 nitrogen and oxygen atoms in total. The minimum atomic E-state index is -2.48. The molecule has 0 spiro atoms. The van der Waals surface area contributed by atoms with E-state index in [1.54, 1.807) is 6.07 Å². The average Bonchev–Trinajstić information content (AvgIpc) is 3.40. The summed E-state index contributed by atoms with van der Waals surface area (Å²) < 4.78 is 25.5. The average molecular weight is 611 g/mol. The van der Waals surface area contributed by atoms with Gasteiger partial charge in [-0.1, -0.05) is 111 Å². The van der Waals surface area contributed by atoms with Gasteiger partial charge in [0.15, 0.2) is 6.20 Å². The summed E-state index contributed by atoms with van der Waals surface area (Å²) in [5.74, 6) is -0.239. The number of fused-ring (bicyclic) bond motifs is 5. The van der Waals surface area contributed by atoms with Crippen molar-refractivity contribution in [2.75, 3.05) is 0 Å². The zero-order chi connectivity index (χ0) is 30.8. The van der Waals surface area contributed by atoms with E-state index in [-0.39, 0.29) is 5.82 Å². The summed E-state index contributed by atoms with van der Waals surface area (Å²) in [6, 6.07) is 38.1. The van der Waals surface area contributed by atoms with Crippen LogP contribution >= 0.6 is 0 Å². The predicted molar refractivity (Wildman–Crippen MR) is 189 cm³/mol. The van der Waals surface area contributed by atoms with Gasteiger partial charge in [0, 0.05) is 22.9 Å². The summed E-state index contributed by atoms with van der Waals surface area (Å²) in [4.78, 5) is 0. The fraction of sp³-hybridized carbons (Fsp3) is 0.154. The Hall–Kier alpha value is -4.33. The number of rotatable bonds is 5. The van der Waals surface area contributed by atoms with E-state index in [9.17, 15) is 0 Å². The van der Waals surface area contributed by atoms with E-state index in [1.165, 1.54) is 15.6 Å². The van der Waals surface area contributed by atoms with Crippen LogP contribution in [-0.2, 0) is 7.05 Å². The second kappa shape index (κ2) is 10.4. The van der Waals surface area contributed by atoms with E-state index < -0.39 is 16.1 Å². The highest BCUT2D eigenvalue weighted by molar-refractivity contribution is 7.10. The van der Waals surface area contributed by atoms with Crippen LogP contribution in [0.2, 0.25) is 26.2 Å². The van der Waals surface area contributed by atoms with Crippen LogP contribution in [0.4, 0.5) is 4.39 Å². The second-order valence-electron chi connectivity index (χ2n) is 13.3. The van der Waals surface area contributed by atoms with Gasteiger partial charge in [-0.3, -0.25) is 0 Å². The third kappa shape index (κ3) is 4.45. The molecule has 5 heteroatoms. The Balaban J connectivity index is 1.49. The topological polar surface area (TPSA) is 17.0 Å². The summed E-state index contributed by atoms with van der Waals surface area (Å²) in [5.41, 5.74) is 4.75. The second-order valence-corrected chi connectivity index (χ2v) is 22.3. The van der Waals surface area contributed by atoms with Gasteiger partial charge in [0.25, 0.3) is 0 Å². The monoisotopic (exact) mass is 610 g/mol. The molecule has 0 aliphatic rings. The molecule has 2 heterocycles. The molecule has 5 aromatic carbocycles. The Morgan fingerprint density at radius 1 is 0.636 bits per heavy atom. The van der Waals surface area contributed by atoms with Gasteiger partial charge in [-0.2, -0.15) is 0 Å². The lowest BCUT2D eigenvalue weighted by atomic mass is 10.00. The minimum Gasteiger partial charge on any atom is -0.454 e. The van der Waals surface area contributed by atoms with Crippen molar-refractivity contribution in [3.8, 4) is 11.3 Å². The number of pyridine rings is 1. The van der Waals surface area contributed by atoms with Gasteiger partial charge >= 0.3 is 0 Å². The molecule has 0 saturated heterocycles. The summed E-state index contributed by atoms with van der Waals surface area (Å²) in [6.45, 7) is 11.6. The quantitative estimate of drug-likeness (QED) is 0.113. The maximum atomic E-state index is 16.6. The Morgan fingerprint density at radius 3 is 1.89 bits per heavy atom. The highest BCUT2D eigenvalue weighted by atomic mass is 28.3. The zero-order valence-electron chi connectivity index (χ0n) is 26.2. The molecular formula is C39H37FNOSi2+. The fourth-order valence-electron chi connectivity index (χ4n) is 6.74. The van der Waals surface area contributed by atoms with E-state index in [0.717, 1.165) is 43.7 Å². The van der Waals surface area contributed by atoms with Gasteiger partial charge in [0.1, 0.15) is 32.1 Å². The molecule has 0 unspecified atom stereocenters. The van der Waals surface area contributed by atoms with Crippen LogP contribution in [0.3, 0.4) is 0 Å². The SMILES string of the molecule is Cc1ccc2c(oc3c2ccc2cc([Si](C)(c4ccccc4)c4ccccc4)cc(F)c23)c1-c1cc([Si](C)(C)C)cc[n+]1C. The van der Waals surface area contributed by atoms with Crippen LogP contribution in [-0.4, -0.2) is 16.1 Å². The van der Waals surface area contributed by atoms with Crippen molar-refractivity contribution in [1.29, 1.82) is 0 Å². The summed E-state index contributed by atoms with van der Waals surface area (Å²) in [7, 11) is -1.94. The molecule has 7 rings (SSSR count).